The van der Waals surface area contributed by atoms with Crippen LogP contribution in [0.4, 0.5) is 0 Å². The van der Waals surface area contributed by atoms with Gasteiger partial charge in [0.15, 0.2) is 0 Å². The van der Waals surface area contributed by atoms with Crippen molar-refractivity contribution in [2.45, 2.75) is 26.7 Å². The first-order valence-corrected chi connectivity index (χ1v) is 11.5. The Hall–Kier alpha value is -4.44. The molecule has 3 aromatic rings. The summed E-state index contributed by atoms with van der Waals surface area (Å²) in [6.07, 6.45) is 0.972. The molecule has 0 aliphatic heterocycles. The topological polar surface area (TPSA) is 74.6 Å². The maximum absolute atomic E-state index is 11.4. The van der Waals surface area contributed by atoms with Crippen LogP contribution >= 0.6 is 0 Å². The molecule has 0 bridgehead atoms. The summed E-state index contributed by atoms with van der Waals surface area (Å²) in [5, 5.41) is 18.7. The smallest absolute Gasteiger partial charge is 0.335 e. The molecular formula is C32H30O4. The third-order valence-corrected chi connectivity index (χ3v) is 5.98. The number of hydrogen-bond acceptors (Lipinski definition) is 2. The van der Waals surface area contributed by atoms with E-state index in [9.17, 15) is 19.8 Å². The summed E-state index contributed by atoms with van der Waals surface area (Å²) in [7, 11) is 0. The van der Waals surface area contributed by atoms with Gasteiger partial charge in [0.25, 0.3) is 0 Å². The summed E-state index contributed by atoms with van der Waals surface area (Å²) < 4.78 is 0. The van der Waals surface area contributed by atoms with Crippen LogP contribution in [0.1, 0.15) is 67.9 Å². The van der Waals surface area contributed by atoms with Crippen LogP contribution in [-0.2, 0) is 12.8 Å². The predicted octanol–water partition coefficient (Wildman–Crippen LogP) is 7.66. The van der Waals surface area contributed by atoms with Gasteiger partial charge in [0.05, 0.1) is 11.1 Å². The maximum atomic E-state index is 11.4. The highest BCUT2D eigenvalue weighted by Gasteiger charge is 2.13. The van der Waals surface area contributed by atoms with E-state index in [2.05, 4.69) is 44.5 Å². The van der Waals surface area contributed by atoms with Crippen molar-refractivity contribution in [3.8, 4) is 0 Å². The lowest BCUT2D eigenvalue weighted by Gasteiger charge is -2.13. The standard InChI is InChI=1S/C32H30O4/c1-19(2)27-12-23(13-28(17-27)20(3)4)10-21(5)25-8-7-9-26(16-25)22(6)11-24-14-29(31(33)34)18-30(15-24)32(35)36/h7-9,12-18H,1,3,5-6,10-11H2,2,4H3,(H,33,34)(H,35,36). The van der Waals surface area contributed by atoms with E-state index in [1.165, 1.54) is 12.1 Å². The number of rotatable bonds is 10. The van der Waals surface area contributed by atoms with Crippen LogP contribution in [0.15, 0.2) is 87.0 Å². The van der Waals surface area contributed by atoms with Crippen molar-refractivity contribution in [3.05, 3.63) is 131 Å². The number of carboxylic acids is 2. The van der Waals surface area contributed by atoms with Gasteiger partial charge >= 0.3 is 11.9 Å². The summed E-state index contributed by atoms with van der Waals surface area (Å²) in [4.78, 5) is 22.9. The summed E-state index contributed by atoms with van der Waals surface area (Å²) in [5.41, 5.74) is 9.23. The van der Waals surface area contributed by atoms with Crippen molar-refractivity contribution in [3.63, 3.8) is 0 Å². The lowest BCUT2D eigenvalue weighted by Crippen LogP contribution is -2.04. The van der Waals surface area contributed by atoms with Crippen LogP contribution < -0.4 is 0 Å². The van der Waals surface area contributed by atoms with Gasteiger partial charge in [-0.1, -0.05) is 67.8 Å². The molecule has 36 heavy (non-hydrogen) atoms. The lowest BCUT2D eigenvalue weighted by atomic mass is 9.91. The van der Waals surface area contributed by atoms with Crippen molar-refractivity contribution in [2.75, 3.05) is 0 Å². The molecule has 0 radical (unpaired) electrons. The Morgan fingerprint density at radius 3 is 1.28 bits per heavy atom. The van der Waals surface area contributed by atoms with Crippen molar-refractivity contribution >= 4 is 34.2 Å². The van der Waals surface area contributed by atoms with Gasteiger partial charge in [-0.25, -0.2) is 9.59 Å². The molecule has 0 unspecified atom stereocenters. The Morgan fingerprint density at radius 1 is 0.583 bits per heavy atom. The second kappa shape index (κ2) is 10.9. The molecule has 0 saturated carbocycles. The predicted molar refractivity (Wildman–Crippen MR) is 148 cm³/mol. The zero-order valence-electron chi connectivity index (χ0n) is 20.7. The van der Waals surface area contributed by atoms with E-state index in [1.54, 1.807) is 0 Å². The summed E-state index contributed by atoms with van der Waals surface area (Å²) >= 11 is 0. The molecule has 182 valence electrons. The Kier molecular flexibility index (Phi) is 7.90. The molecule has 0 heterocycles. The molecule has 0 aliphatic carbocycles. The van der Waals surface area contributed by atoms with Crippen LogP contribution in [-0.4, -0.2) is 22.2 Å². The van der Waals surface area contributed by atoms with E-state index in [-0.39, 0.29) is 11.1 Å². The molecular weight excluding hydrogens is 448 g/mol. The van der Waals surface area contributed by atoms with Crippen molar-refractivity contribution < 1.29 is 19.8 Å². The number of carboxylic acid groups (broad SMARTS) is 2. The summed E-state index contributed by atoms with van der Waals surface area (Å²) in [6, 6.07) is 18.3. The van der Waals surface area contributed by atoms with Crippen LogP contribution in [0.3, 0.4) is 0 Å². The Bertz CT molecular complexity index is 1250. The average Bonchev–Trinajstić information content (AvgIpc) is 2.83. The number of carbonyl (C=O) groups is 2. The summed E-state index contributed by atoms with van der Waals surface area (Å²) in [6.45, 7) is 20.6. The van der Waals surface area contributed by atoms with Gasteiger partial charge in [0, 0.05) is 0 Å². The minimum Gasteiger partial charge on any atom is -0.478 e. The highest BCUT2D eigenvalue weighted by atomic mass is 16.4. The minimum absolute atomic E-state index is 0.0639. The van der Waals surface area contributed by atoms with E-state index in [4.69, 9.17) is 0 Å². The number of aromatic carboxylic acids is 2. The normalized spacial score (nSPS) is 10.5. The maximum Gasteiger partial charge on any atom is 0.335 e. The third kappa shape index (κ3) is 6.36. The van der Waals surface area contributed by atoms with E-state index in [1.807, 2.05) is 38.1 Å². The zero-order chi connectivity index (χ0) is 26.6. The Morgan fingerprint density at radius 2 is 0.917 bits per heavy atom. The van der Waals surface area contributed by atoms with Gasteiger partial charge in [0.2, 0.25) is 0 Å². The van der Waals surface area contributed by atoms with Crippen LogP contribution in [0.2, 0.25) is 0 Å². The molecule has 4 nitrogen and oxygen atoms in total. The molecule has 3 rings (SSSR count). The van der Waals surface area contributed by atoms with Gasteiger partial charge < -0.3 is 10.2 Å². The number of benzene rings is 3. The van der Waals surface area contributed by atoms with Gasteiger partial charge in [-0.3, -0.25) is 0 Å². The van der Waals surface area contributed by atoms with E-state index < -0.39 is 11.9 Å². The molecule has 0 atom stereocenters. The lowest BCUT2D eigenvalue weighted by molar-refractivity contribution is 0.0696. The van der Waals surface area contributed by atoms with E-state index >= 15 is 0 Å². The van der Waals surface area contributed by atoms with Gasteiger partial charge in [0.1, 0.15) is 0 Å². The first kappa shape index (κ1) is 26.2. The molecule has 0 aromatic heterocycles. The number of hydrogen-bond donors (Lipinski definition) is 2. The fourth-order valence-electron chi connectivity index (χ4n) is 3.98. The van der Waals surface area contributed by atoms with Gasteiger partial charge in [-0.15, -0.1) is 0 Å². The fourth-order valence-corrected chi connectivity index (χ4v) is 3.98. The second-order valence-electron chi connectivity index (χ2n) is 9.15. The molecule has 0 saturated heterocycles. The quantitative estimate of drug-likeness (QED) is 0.314. The second-order valence-corrected chi connectivity index (χ2v) is 9.15. The number of allylic oxidation sites excluding steroid dienone is 4. The van der Waals surface area contributed by atoms with E-state index in [0.717, 1.165) is 56.2 Å². The molecule has 0 fully saturated rings. The average molecular weight is 479 g/mol. The van der Waals surface area contributed by atoms with Gasteiger partial charge in [-0.05, 0) is 102 Å². The van der Waals surface area contributed by atoms with Crippen molar-refractivity contribution in [1.29, 1.82) is 0 Å². The zero-order valence-corrected chi connectivity index (χ0v) is 20.7. The molecule has 0 amide bonds. The Labute approximate surface area is 212 Å². The SMILES string of the molecule is C=C(C)c1cc(CC(=C)c2cccc(C(=C)Cc3cc(C(=O)O)cc(C(=O)O)c3)c2)cc(C(=C)C)c1. The van der Waals surface area contributed by atoms with Crippen LogP contribution in [0.25, 0.3) is 22.3 Å². The van der Waals surface area contributed by atoms with Crippen molar-refractivity contribution in [2.24, 2.45) is 0 Å². The van der Waals surface area contributed by atoms with Gasteiger partial charge in [-0.2, -0.15) is 0 Å². The Balaban J connectivity index is 1.85. The molecule has 0 spiro atoms. The molecule has 4 heteroatoms. The van der Waals surface area contributed by atoms with Crippen LogP contribution in [0.5, 0.6) is 0 Å². The van der Waals surface area contributed by atoms with Crippen LogP contribution in [0, 0.1) is 0 Å². The molecule has 0 aliphatic rings. The van der Waals surface area contributed by atoms with E-state index in [0.29, 0.717) is 18.4 Å². The first-order valence-electron chi connectivity index (χ1n) is 11.5. The highest BCUT2D eigenvalue weighted by molar-refractivity contribution is 5.94. The monoisotopic (exact) mass is 478 g/mol. The molecule has 2 N–H and O–H groups in total. The minimum atomic E-state index is -1.17. The highest BCUT2D eigenvalue weighted by Crippen LogP contribution is 2.27. The molecule has 3 aromatic carbocycles. The third-order valence-electron chi connectivity index (χ3n) is 5.98. The largest absolute Gasteiger partial charge is 0.478 e. The summed E-state index contributed by atoms with van der Waals surface area (Å²) in [5.74, 6) is -2.34. The first-order chi connectivity index (χ1) is 16.9. The fraction of sp³-hybridized carbons (Fsp3) is 0.125. The van der Waals surface area contributed by atoms with Crippen molar-refractivity contribution in [1.82, 2.24) is 0 Å².